The topological polar surface area (TPSA) is 62.1 Å². The number of hydrogen-bond donors (Lipinski definition) is 1. The first kappa shape index (κ1) is 13.8. The molecule has 1 rings (SSSR count). The molecule has 0 aliphatic heterocycles. The molecule has 5 heteroatoms. The van der Waals surface area contributed by atoms with Crippen LogP contribution in [-0.2, 0) is 4.79 Å². The molecule has 0 aliphatic rings. The van der Waals surface area contributed by atoms with Gasteiger partial charge in [-0.15, -0.1) is 0 Å². The van der Waals surface area contributed by atoms with Crippen molar-refractivity contribution < 1.29 is 9.53 Å². The average Bonchev–Trinajstić information content (AvgIpc) is 2.35. The van der Waals surface area contributed by atoms with Crippen LogP contribution >= 0.6 is 22.6 Å². The van der Waals surface area contributed by atoms with Crippen LogP contribution in [0.4, 0.5) is 0 Å². The van der Waals surface area contributed by atoms with Crippen molar-refractivity contribution in [1.82, 2.24) is 5.32 Å². The summed E-state index contributed by atoms with van der Waals surface area (Å²) in [4.78, 5) is 11.3. The van der Waals surface area contributed by atoms with E-state index in [9.17, 15) is 4.79 Å². The highest BCUT2D eigenvalue weighted by Crippen LogP contribution is 2.21. The van der Waals surface area contributed by atoms with Crippen molar-refractivity contribution in [2.75, 3.05) is 13.2 Å². The standard InChI is InChI=1S/C12H13IN2O2/c1-2-5-15-12(16)8-17-11-6-9(7-14)3-4-10(11)13/h3-4,6H,2,5,8H2,1H3,(H,15,16). The summed E-state index contributed by atoms with van der Waals surface area (Å²) < 4.78 is 6.25. The van der Waals surface area contributed by atoms with Crippen LogP contribution < -0.4 is 10.1 Å². The van der Waals surface area contributed by atoms with Crippen LogP contribution in [0.25, 0.3) is 0 Å². The zero-order valence-electron chi connectivity index (χ0n) is 9.50. The summed E-state index contributed by atoms with van der Waals surface area (Å²) in [6.45, 7) is 2.61. The highest BCUT2D eigenvalue weighted by molar-refractivity contribution is 14.1. The minimum atomic E-state index is -0.148. The van der Waals surface area contributed by atoms with Gasteiger partial charge in [0.1, 0.15) is 5.75 Å². The Hall–Kier alpha value is -1.29. The third-order valence-corrected chi connectivity index (χ3v) is 2.88. The molecule has 0 aliphatic carbocycles. The number of rotatable bonds is 5. The van der Waals surface area contributed by atoms with Gasteiger partial charge in [0.05, 0.1) is 15.2 Å². The van der Waals surface area contributed by atoms with Crippen LogP contribution in [0, 0.1) is 14.9 Å². The highest BCUT2D eigenvalue weighted by Gasteiger charge is 2.06. The zero-order valence-corrected chi connectivity index (χ0v) is 11.7. The molecule has 1 amide bonds. The fourth-order valence-electron chi connectivity index (χ4n) is 1.14. The molecule has 0 saturated heterocycles. The van der Waals surface area contributed by atoms with Crippen LogP contribution in [0.2, 0.25) is 0 Å². The molecule has 4 nitrogen and oxygen atoms in total. The van der Waals surface area contributed by atoms with Crippen LogP contribution in [0.3, 0.4) is 0 Å². The monoisotopic (exact) mass is 344 g/mol. The molecule has 0 fully saturated rings. The first-order valence-corrected chi connectivity index (χ1v) is 6.34. The van der Waals surface area contributed by atoms with Gasteiger partial charge in [-0.3, -0.25) is 4.79 Å². The lowest BCUT2D eigenvalue weighted by molar-refractivity contribution is -0.123. The number of halogens is 1. The van der Waals surface area contributed by atoms with Gasteiger partial charge >= 0.3 is 0 Å². The smallest absolute Gasteiger partial charge is 0.257 e. The molecule has 1 N–H and O–H groups in total. The van der Waals surface area contributed by atoms with Crippen molar-refractivity contribution in [3.63, 3.8) is 0 Å². The molecule has 0 saturated carbocycles. The number of nitriles is 1. The first-order valence-electron chi connectivity index (χ1n) is 5.26. The Morgan fingerprint density at radius 3 is 3.00 bits per heavy atom. The van der Waals surface area contributed by atoms with Gasteiger partial charge in [-0.1, -0.05) is 6.92 Å². The molecular weight excluding hydrogens is 331 g/mol. The summed E-state index contributed by atoms with van der Waals surface area (Å²) in [5.41, 5.74) is 0.523. The minimum absolute atomic E-state index is 0.0229. The maximum absolute atomic E-state index is 11.3. The van der Waals surface area contributed by atoms with E-state index in [1.165, 1.54) is 0 Å². The largest absolute Gasteiger partial charge is 0.483 e. The second kappa shape index (κ2) is 7.12. The maximum Gasteiger partial charge on any atom is 0.257 e. The molecular formula is C12H13IN2O2. The predicted molar refractivity (Wildman–Crippen MR) is 72.7 cm³/mol. The van der Waals surface area contributed by atoms with Gasteiger partial charge in [-0.05, 0) is 47.2 Å². The van der Waals surface area contributed by atoms with Gasteiger partial charge in [0, 0.05) is 6.54 Å². The molecule has 1 aromatic carbocycles. The summed E-state index contributed by atoms with van der Waals surface area (Å²) in [5.74, 6) is 0.418. The van der Waals surface area contributed by atoms with E-state index in [0.29, 0.717) is 17.9 Å². The number of nitrogens with zero attached hydrogens (tertiary/aromatic N) is 1. The number of benzene rings is 1. The lowest BCUT2D eigenvalue weighted by atomic mass is 10.2. The van der Waals surface area contributed by atoms with Gasteiger partial charge < -0.3 is 10.1 Å². The van der Waals surface area contributed by atoms with Crippen LogP contribution in [-0.4, -0.2) is 19.1 Å². The fourth-order valence-corrected chi connectivity index (χ4v) is 1.63. The summed E-state index contributed by atoms with van der Waals surface area (Å²) in [6.07, 6.45) is 0.896. The van der Waals surface area contributed by atoms with Gasteiger partial charge in [-0.25, -0.2) is 0 Å². The Morgan fingerprint density at radius 2 is 2.35 bits per heavy atom. The van der Waals surface area contributed by atoms with Crippen molar-refractivity contribution in [2.24, 2.45) is 0 Å². The lowest BCUT2D eigenvalue weighted by Gasteiger charge is -2.08. The number of carbonyl (C=O) groups is 1. The van der Waals surface area contributed by atoms with E-state index in [4.69, 9.17) is 10.00 Å². The van der Waals surface area contributed by atoms with E-state index in [2.05, 4.69) is 27.9 Å². The SMILES string of the molecule is CCCNC(=O)COc1cc(C#N)ccc1I. The van der Waals surface area contributed by atoms with Crippen molar-refractivity contribution in [1.29, 1.82) is 5.26 Å². The van der Waals surface area contributed by atoms with Gasteiger partial charge in [0.25, 0.3) is 5.91 Å². The summed E-state index contributed by atoms with van der Waals surface area (Å²) >= 11 is 2.10. The van der Waals surface area contributed by atoms with Crippen molar-refractivity contribution in [3.8, 4) is 11.8 Å². The summed E-state index contributed by atoms with van der Waals surface area (Å²) in [7, 11) is 0. The van der Waals surface area contributed by atoms with E-state index in [-0.39, 0.29) is 12.5 Å². The molecule has 90 valence electrons. The van der Waals surface area contributed by atoms with Gasteiger partial charge in [0.15, 0.2) is 6.61 Å². The predicted octanol–water partition coefficient (Wildman–Crippen LogP) is 2.07. The molecule has 0 spiro atoms. The number of carbonyl (C=O) groups excluding carboxylic acids is 1. The van der Waals surface area contributed by atoms with Crippen LogP contribution in [0.15, 0.2) is 18.2 Å². The molecule has 0 aromatic heterocycles. The van der Waals surface area contributed by atoms with Crippen molar-refractivity contribution in [3.05, 3.63) is 27.3 Å². The Kier molecular flexibility index (Phi) is 5.77. The molecule has 0 heterocycles. The lowest BCUT2D eigenvalue weighted by Crippen LogP contribution is -2.29. The second-order valence-electron chi connectivity index (χ2n) is 3.40. The Bertz CT molecular complexity index is 441. The number of ether oxygens (including phenoxy) is 1. The number of nitrogens with one attached hydrogen (secondary N) is 1. The molecule has 0 radical (unpaired) electrons. The first-order chi connectivity index (χ1) is 8.17. The zero-order chi connectivity index (χ0) is 12.7. The molecule has 0 bridgehead atoms. The maximum atomic E-state index is 11.3. The Balaban J connectivity index is 2.57. The quantitative estimate of drug-likeness (QED) is 0.832. The average molecular weight is 344 g/mol. The minimum Gasteiger partial charge on any atom is -0.483 e. The van der Waals surface area contributed by atoms with Crippen LogP contribution in [0.5, 0.6) is 5.75 Å². The molecule has 17 heavy (non-hydrogen) atoms. The van der Waals surface area contributed by atoms with E-state index in [1.807, 2.05) is 13.0 Å². The van der Waals surface area contributed by atoms with Crippen molar-refractivity contribution >= 4 is 28.5 Å². The Labute approximate surface area is 114 Å². The third-order valence-electron chi connectivity index (χ3n) is 1.99. The molecule has 0 atom stereocenters. The van der Waals surface area contributed by atoms with E-state index in [0.717, 1.165) is 9.99 Å². The van der Waals surface area contributed by atoms with Crippen LogP contribution in [0.1, 0.15) is 18.9 Å². The molecule has 1 aromatic rings. The van der Waals surface area contributed by atoms with E-state index in [1.54, 1.807) is 18.2 Å². The normalized spacial score (nSPS) is 9.47. The van der Waals surface area contributed by atoms with Crippen molar-refractivity contribution in [2.45, 2.75) is 13.3 Å². The third kappa shape index (κ3) is 4.61. The Morgan fingerprint density at radius 1 is 1.59 bits per heavy atom. The number of hydrogen-bond acceptors (Lipinski definition) is 3. The fraction of sp³-hybridized carbons (Fsp3) is 0.333. The highest BCUT2D eigenvalue weighted by atomic mass is 127. The van der Waals surface area contributed by atoms with E-state index < -0.39 is 0 Å². The second-order valence-corrected chi connectivity index (χ2v) is 4.56. The summed E-state index contributed by atoms with van der Waals surface area (Å²) in [6, 6.07) is 7.17. The summed E-state index contributed by atoms with van der Waals surface area (Å²) in [5, 5.41) is 11.5. The molecule has 0 unspecified atom stereocenters. The number of amides is 1. The van der Waals surface area contributed by atoms with E-state index >= 15 is 0 Å². The van der Waals surface area contributed by atoms with Gasteiger partial charge in [-0.2, -0.15) is 5.26 Å². The van der Waals surface area contributed by atoms with Gasteiger partial charge in [0.2, 0.25) is 0 Å².